The minimum absolute atomic E-state index is 1.17. The minimum Gasteiger partial charge on any atom is -0.316 e. The van der Waals surface area contributed by atoms with E-state index in [-0.39, 0.29) is 0 Å². The highest BCUT2D eigenvalue weighted by Gasteiger charge is 2.27. The van der Waals surface area contributed by atoms with Gasteiger partial charge in [-0.25, -0.2) is 0 Å². The molecule has 2 aromatic carbocycles. The van der Waals surface area contributed by atoms with Gasteiger partial charge in [0.1, 0.15) is 13.1 Å². The average molecular weight is 451 g/mol. The first-order valence-corrected chi connectivity index (χ1v) is 14.2. The van der Waals surface area contributed by atoms with Gasteiger partial charge < -0.3 is 4.48 Å². The molecule has 0 atom stereocenters. The smallest absolute Gasteiger partial charge is 0.105 e. The second kappa shape index (κ2) is 17.8. The molecule has 0 amide bonds. The van der Waals surface area contributed by atoms with E-state index >= 15 is 0 Å². The van der Waals surface area contributed by atoms with Crippen LogP contribution in [0.5, 0.6) is 0 Å². The SMILES string of the molecule is CCCCCCCCC[N+](CCCCCCCCC)(Cc1ccccc1)Cc1ccccc1. The van der Waals surface area contributed by atoms with Crippen molar-refractivity contribution in [2.24, 2.45) is 0 Å². The van der Waals surface area contributed by atoms with Gasteiger partial charge in [0, 0.05) is 11.1 Å². The van der Waals surface area contributed by atoms with Gasteiger partial charge in [0.05, 0.1) is 13.1 Å². The zero-order chi connectivity index (χ0) is 23.5. The van der Waals surface area contributed by atoms with Crippen molar-refractivity contribution in [1.29, 1.82) is 0 Å². The number of hydrogen-bond donors (Lipinski definition) is 0. The molecule has 0 saturated heterocycles. The quantitative estimate of drug-likeness (QED) is 0.139. The molecule has 0 aliphatic rings. The van der Waals surface area contributed by atoms with Crippen LogP contribution in [0, 0.1) is 0 Å². The molecule has 1 heteroatoms. The van der Waals surface area contributed by atoms with E-state index in [0.29, 0.717) is 0 Å². The van der Waals surface area contributed by atoms with Crippen molar-refractivity contribution < 1.29 is 4.48 Å². The highest BCUT2D eigenvalue weighted by molar-refractivity contribution is 5.15. The van der Waals surface area contributed by atoms with E-state index in [9.17, 15) is 0 Å². The molecule has 0 unspecified atom stereocenters. The molecule has 0 bridgehead atoms. The van der Waals surface area contributed by atoms with Gasteiger partial charge in [-0.3, -0.25) is 0 Å². The van der Waals surface area contributed by atoms with Crippen LogP contribution < -0.4 is 0 Å². The molecular formula is C32H52N+. The van der Waals surface area contributed by atoms with Crippen LogP contribution in [-0.4, -0.2) is 17.6 Å². The molecule has 0 aliphatic carbocycles. The number of nitrogens with zero attached hydrogens (tertiary/aromatic N) is 1. The summed E-state index contributed by atoms with van der Waals surface area (Å²) < 4.78 is 1.22. The predicted molar refractivity (Wildman–Crippen MR) is 146 cm³/mol. The predicted octanol–water partition coefficient (Wildman–Crippen LogP) is 9.70. The molecule has 0 N–H and O–H groups in total. The van der Waals surface area contributed by atoms with E-state index in [0.717, 1.165) is 0 Å². The van der Waals surface area contributed by atoms with Crippen LogP contribution in [0.2, 0.25) is 0 Å². The Kier molecular flexibility index (Phi) is 14.9. The molecule has 0 saturated carbocycles. The third kappa shape index (κ3) is 12.4. The molecule has 184 valence electrons. The number of quaternary nitrogens is 1. The van der Waals surface area contributed by atoms with Gasteiger partial charge in [0.15, 0.2) is 0 Å². The second-order valence-corrected chi connectivity index (χ2v) is 10.3. The lowest BCUT2D eigenvalue weighted by atomic mass is 10.0. The average Bonchev–Trinajstić information content (AvgIpc) is 2.84. The van der Waals surface area contributed by atoms with Crippen LogP contribution in [0.4, 0.5) is 0 Å². The van der Waals surface area contributed by atoms with Gasteiger partial charge in [0.25, 0.3) is 0 Å². The molecule has 0 fully saturated rings. The van der Waals surface area contributed by atoms with Gasteiger partial charge in [-0.15, -0.1) is 0 Å². The van der Waals surface area contributed by atoms with E-state index in [1.54, 1.807) is 0 Å². The lowest BCUT2D eigenvalue weighted by molar-refractivity contribution is -0.954. The van der Waals surface area contributed by atoms with E-state index in [4.69, 9.17) is 0 Å². The fourth-order valence-electron chi connectivity index (χ4n) is 5.23. The topological polar surface area (TPSA) is 0 Å². The zero-order valence-electron chi connectivity index (χ0n) is 21.9. The monoisotopic (exact) mass is 450 g/mol. The van der Waals surface area contributed by atoms with Crippen molar-refractivity contribution in [3.8, 4) is 0 Å². The van der Waals surface area contributed by atoms with Gasteiger partial charge in [-0.05, 0) is 25.7 Å². The van der Waals surface area contributed by atoms with E-state index < -0.39 is 0 Å². The maximum atomic E-state index is 2.34. The van der Waals surface area contributed by atoms with Gasteiger partial charge >= 0.3 is 0 Å². The maximum Gasteiger partial charge on any atom is 0.105 e. The molecule has 0 aromatic heterocycles. The van der Waals surface area contributed by atoms with Gasteiger partial charge in [-0.2, -0.15) is 0 Å². The molecule has 2 aromatic rings. The summed E-state index contributed by atoms with van der Waals surface area (Å²) in [4.78, 5) is 0. The van der Waals surface area contributed by atoms with Crippen molar-refractivity contribution in [3.05, 3.63) is 71.8 Å². The Morgan fingerprint density at radius 3 is 1.12 bits per heavy atom. The van der Waals surface area contributed by atoms with Crippen LogP contribution in [-0.2, 0) is 13.1 Å². The third-order valence-corrected chi connectivity index (χ3v) is 7.19. The van der Waals surface area contributed by atoms with E-state index in [1.165, 1.54) is 132 Å². The lowest BCUT2D eigenvalue weighted by Gasteiger charge is -2.39. The van der Waals surface area contributed by atoms with Crippen LogP contribution in [0.3, 0.4) is 0 Å². The number of rotatable bonds is 20. The Morgan fingerprint density at radius 1 is 0.424 bits per heavy atom. The first kappa shape index (κ1) is 27.6. The normalized spacial score (nSPS) is 11.7. The summed E-state index contributed by atoms with van der Waals surface area (Å²) in [7, 11) is 0. The largest absolute Gasteiger partial charge is 0.316 e. The summed E-state index contributed by atoms with van der Waals surface area (Å²) >= 11 is 0. The first-order chi connectivity index (χ1) is 16.3. The Bertz CT molecular complexity index is 617. The standard InChI is InChI=1S/C32H52N/c1-3-5-7-9-11-13-21-27-33(29-31-23-17-15-18-24-31,30-32-25-19-16-20-26-32)28-22-14-12-10-8-6-4-2/h15-20,23-26H,3-14,21-22,27-30H2,1-2H3/q+1. The van der Waals surface area contributed by atoms with Crippen LogP contribution >= 0.6 is 0 Å². The number of benzene rings is 2. The number of hydrogen-bond acceptors (Lipinski definition) is 0. The molecular weight excluding hydrogens is 398 g/mol. The Balaban J connectivity index is 2.02. The van der Waals surface area contributed by atoms with Crippen LogP contribution in [0.15, 0.2) is 60.7 Å². The fourth-order valence-corrected chi connectivity index (χ4v) is 5.23. The third-order valence-electron chi connectivity index (χ3n) is 7.19. The summed E-state index contributed by atoms with van der Waals surface area (Å²) in [5, 5.41) is 0. The van der Waals surface area contributed by atoms with Crippen molar-refractivity contribution >= 4 is 0 Å². The highest BCUT2D eigenvalue weighted by Crippen LogP contribution is 2.24. The molecule has 0 aliphatic heterocycles. The molecule has 0 radical (unpaired) electrons. The Labute approximate surface area is 206 Å². The Morgan fingerprint density at radius 2 is 0.758 bits per heavy atom. The second-order valence-electron chi connectivity index (χ2n) is 10.3. The summed E-state index contributed by atoms with van der Waals surface area (Å²) in [5.41, 5.74) is 3.00. The fraction of sp³-hybridized carbons (Fsp3) is 0.625. The summed E-state index contributed by atoms with van der Waals surface area (Å²) in [6.07, 6.45) is 19.5. The number of unbranched alkanes of at least 4 members (excludes halogenated alkanes) is 12. The van der Waals surface area contributed by atoms with Gasteiger partial charge in [-0.1, -0.05) is 139 Å². The van der Waals surface area contributed by atoms with Crippen molar-refractivity contribution in [2.45, 2.75) is 117 Å². The maximum absolute atomic E-state index is 2.34. The van der Waals surface area contributed by atoms with Crippen LogP contribution in [0.1, 0.15) is 115 Å². The van der Waals surface area contributed by atoms with Gasteiger partial charge in [0.2, 0.25) is 0 Å². The molecule has 0 heterocycles. The molecule has 2 rings (SSSR count). The minimum atomic E-state index is 1.17. The molecule has 1 nitrogen and oxygen atoms in total. The summed E-state index contributed by atoms with van der Waals surface area (Å²) in [6, 6.07) is 22.5. The van der Waals surface area contributed by atoms with Crippen LogP contribution in [0.25, 0.3) is 0 Å². The Hall–Kier alpha value is -1.60. The van der Waals surface area contributed by atoms with Crippen molar-refractivity contribution in [1.82, 2.24) is 0 Å². The summed E-state index contributed by atoms with van der Waals surface area (Å²) in [6.45, 7) is 9.58. The van der Waals surface area contributed by atoms with Crippen molar-refractivity contribution in [3.63, 3.8) is 0 Å². The van der Waals surface area contributed by atoms with Crippen molar-refractivity contribution in [2.75, 3.05) is 13.1 Å². The highest BCUT2D eigenvalue weighted by atomic mass is 15.3. The van der Waals surface area contributed by atoms with E-state index in [1.807, 2.05) is 0 Å². The lowest BCUT2D eigenvalue weighted by Crippen LogP contribution is -2.48. The molecule has 0 spiro atoms. The van der Waals surface area contributed by atoms with E-state index in [2.05, 4.69) is 74.5 Å². The summed E-state index contributed by atoms with van der Waals surface area (Å²) in [5.74, 6) is 0. The molecule has 33 heavy (non-hydrogen) atoms. The first-order valence-electron chi connectivity index (χ1n) is 14.2. The zero-order valence-corrected chi connectivity index (χ0v) is 21.9.